The van der Waals surface area contributed by atoms with E-state index in [-0.39, 0.29) is 24.0 Å². The fourth-order valence-corrected chi connectivity index (χ4v) is 2.39. The van der Waals surface area contributed by atoms with Crippen LogP contribution in [0.4, 0.5) is 13.2 Å². The highest BCUT2D eigenvalue weighted by Gasteiger charge is 2.28. The maximum Gasteiger partial charge on any atom is 0.401 e. The maximum atomic E-state index is 12.2. The van der Waals surface area contributed by atoms with E-state index in [4.69, 9.17) is 0 Å². The molecule has 0 aliphatic heterocycles. The lowest BCUT2D eigenvalue weighted by Gasteiger charge is -2.30. The summed E-state index contributed by atoms with van der Waals surface area (Å²) in [6.45, 7) is 10.0. The van der Waals surface area contributed by atoms with Crippen molar-refractivity contribution >= 4 is 29.9 Å². The number of hydrogen-bond donors (Lipinski definition) is 2. The van der Waals surface area contributed by atoms with Crippen molar-refractivity contribution in [2.75, 3.05) is 46.8 Å². The van der Waals surface area contributed by atoms with Gasteiger partial charge in [0.25, 0.3) is 0 Å². The molecular formula is C15H33F3IN5. The lowest BCUT2D eigenvalue weighted by atomic mass is 10.2. The van der Waals surface area contributed by atoms with E-state index in [1.807, 2.05) is 0 Å². The molecule has 0 atom stereocenters. The fourth-order valence-electron chi connectivity index (χ4n) is 2.39. The number of hydrogen-bond acceptors (Lipinski definition) is 3. The van der Waals surface area contributed by atoms with Crippen LogP contribution >= 0.6 is 24.0 Å². The van der Waals surface area contributed by atoms with Gasteiger partial charge in [-0.15, -0.1) is 24.0 Å². The largest absolute Gasteiger partial charge is 0.401 e. The zero-order valence-electron chi connectivity index (χ0n) is 15.6. The minimum Gasteiger partial charge on any atom is -0.355 e. The molecule has 9 heteroatoms. The molecule has 0 saturated heterocycles. The zero-order chi connectivity index (χ0) is 18.0. The molecule has 0 bridgehead atoms. The molecule has 146 valence electrons. The van der Waals surface area contributed by atoms with Crippen molar-refractivity contribution in [1.29, 1.82) is 0 Å². The summed E-state index contributed by atoms with van der Waals surface area (Å²) in [4.78, 5) is 7.68. The first-order chi connectivity index (χ1) is 10.6. The highest BCUT2D eigenvalue weighted by atomic mass is 127. The van der Waals surface area contributed by atoms with Crippen LogP contribution in [0.15, 0.2) is 4.99 Å². The summed E-state index contributed by atoms with van der Waals surface area (Å²) < 4.78 is 36.7. The summed E-state index contributed by atoms with van der Waals surface area (Å²) in [5, 5.41) is 6.22. The Labute approximate surface area is 161 Å². The molecule has 24 heavy (non-hydrogen) atoms. The number of nitrogens with one attached hydrogen (secondary N) is 2. The average molecular weight is 467 g/mol. The van der Waals surface area contributed by atoms with Crippen molar-refractivity contribution in [3.63, 3.8) is 0 Å². The van der Waals surface area contributed by atoms with Crippen LogP contribution in [0.5, 0.6) is 0 Å². The van der Waals surface area contributed by atoms with Crippen LogP contribution in [-0.2, 0) is 0 Å². The van der Waals surface area contributed by atoms with Crippen molar-refractivity contribution in [3.8, 4) is 0 Å². The van der Waals surface area contributed by atoms with Gasteiger partial charge in [0.2, 0.25) is 0 Å². The number of aliphatic imine (C=N–C) groups is 1. The summed E-state index contributed by atoms with van der Waals surface area (Å²) >= 11 is 0. The molecule has 0 aliphatic carbocycles. The van der Waals surface area contributed by atoms with Crippen LogP contribution in [0.1, 0.15) is 27.7 Å². The van der Waals surface area contributed by atoms with Crippen molar-refractivity contribution in [2.24, 2.45) is 4.99 Å². The van der Waals surface area contributed by atoms with Gasteiger partial charge < -0.3 is 10.6 Å². The van der Waals surface area contributed by atoms with Crippen molar-refractivity contribution in [2.45, 2.75) is 46.0 Å². The van der Waals surface area contributed by atoms with Gasteiger partial charge in [0.15, 0.2) is 5.96 Å². The Balaban J connectivity index is 0. The van der Waals surface area contributed by atoms with Gasteiger partial charge in [-0.3, -0.25) is 14.8 Å². The van der Waals surface area contributed by atoms with Crippen LogP contribution < -0.4 is 10.6 Å². The average Bonchev–Trinajstić information content (AvgIpc) is 2.38. The van der Waals surface area contributed by atoms with Crippen molar-refractivity contribution < 1.29 is 13.2 Å². The van der Waals surface area contributed by atoms with E-state index in [0.717, 1.165) is 13.1 Å². The van der Waals surface area contributed by atoms with Gasteiger partial charge in [0.05, 0.1) is 6.54 Å². The number of guanidine groups is 1. The number of halogens is 4. The van der Waals surface area contributed by atoms with Crippen LogP contribution in [0.3, 0.4) is 0 Å². The van der Waals surface area contributed by atoms with E-state index < -0.39 is 12.7 Å². The molecule has 2 N–H and O–H groups in total. The predicted octanol–water partition coefficient (Wildman–Crippen LogP) is 2.38. The maximum absolute atomic E-state index is 12.2. The number of rotatable bonds is 9. The van der Waals surface area contributed by atoms with E-state index >= 15 is 0 Å². The van der Waals surface area contributed by atoms with Gasteiger partial charge >= 0.3 is 6.18 Å². The first kappa shape index (κ1) is 25.9. The summed E-state index contributed by atoms with van der Waals surface area (Å²) in [7, 11) is 3.10. The number of likely N-dealkylation sites (N-methyl/N-ethyl adjacent to an activating group) is 1. The molecule has 0 aliphatic rings. The molecule has 0 unspecified atom stereocenters. The van der Waals surface area contributed by atoms with Crippen LogP contribution in [0, 0.1) is 0 Å². The monoisotopic (exact) mass is 467 g/mol. The Hall–Kier alpha value is -0.290. The Bertz CT molecular complexity index is 340. The molecule has 0 radical (unpaired) electrons. The molecule has 0 aromatic rings. The third kappa shape index (κ3) is 13.1. The third-order valence-corrected chi connectivity index (χ3v) is 3.45. The molecule has 0 aromatic carbocycles. The standard InChI is InChI=1S/C15H32F3N5.HI/c1-12(2)23(13(3)4)10-8-21-14(19-5)20-7-9-22(6)11-15(16,17)18;/h12-13H,7-11H2,1-6H3,(H2,19,20,21);1H. The second kappa shape index (κ2) is 13.0. The molecule has 0 spiro atoms. The highest BCUT2D eigenvalue weighted by Crippen LogP contribution is 2.14. The van der Waals surface area contributed by atoms with Crippen molar-refractivity contribution in [1.82, 2.24) is 20.4 Å². The first-order valence-electron chi connectivity index (χ1n) is 8.02. The van der Waals surface area contributed by atoms with Gasteiger partial charge in [0, 0.05) is 45.3 Å². The van der Waals surface area contributed by atoms with Crippen LogP contribution in [0.2, 0.25) is 0 Å². The fraction of sp³-hybridized carbons (Fsp3) is 0.933. The first-order valence-corrected chi connectivity index (χ1v) is 8.02. The smallest absolute Gasteiger partial charge is 0.355 e. The Morgan fingerprint density at radius 3 is 1.83 bits per heavy atom. The molecule has 0 rings (SSSR count). The van der Waals surface area contributed by atoms with Gasteiger partial charge in [-0.05, 0) is 34.7 Å². The molecule has 5 nitrogen and oxygen atoms in total. The highest BCUT2D eigenvalue weighted by molar-refractivity contribution is 14.0. The normalized spacial score (nSPS) is 13.0. The summed E-state index contributed by atoms with van der Waals surface area (Å²) in [6, 6.07) is 0.922. The van der Waals surface area contributed by atoms with E-state index in [0.29, 0.717) is 31.1 Å². The second-order valence-corrected chi connectivity index (χ2v) is 6.20. The van der Waals surface area contributed by atoms with E-state index in [1.54, 1.807) is 7.05 Å². The molecule has 0 saturated carbocycles. The van der Waals surface area contributed by atoms with E-state index in [2.05, 4.69) is 48.2 Å². The van der Waals surface area contributed by atoms with Crippen LogP contribution in [-0.4, -0.2) is 80.8 Å². The Kier molecular flexibility index (Phi) is 14.0. The molecule has 0 amide bonds. The minimum atomic E-state index is -4.16. The van der Waals surface area contributed by atoms with Gasteiger partial charge in [-0.1, -0.05) is 0 Å². The molecular weight excluding hydrogens is 434 g/mol. The molecule has 0 fully saturated rings. The van der Waals surface area contributed by atoms with Gasteiger partial charge in [-0.25, -0.2) is 0 Å². The van der Waals surface area contributed by atoms with E-state index in [9.17, 15) is 13.2 Å². The SMILES string of the molecule is CN=C(NCCN(C)CC(F)(F)F)NCCN(C(C)C)C(C)C.I. The number of alkyl halides is 3. The van der Waals surface area contributed by atoms with Crippen molar-refractivity contribution in [3.05, 3.63) is 0 Å². The Morgan fingerprint density at radius 1 is 1.00 bits per heavy atom. The molecule has 0 heterocycles. The zero-order valence-corrected chi connectivity index (χ0v) is 17.9. The van der Waals surface area contributed by atoms with Crippen LogP contribution in [0.25, 0.3) is 0 Å². The second-order valence-electron chi connectivity index (χ2n) is 6.20. The summed E-state index contributed by atoms with van der Waals surface area (Å²) in [5.41, 5.74) is 0. The lowest BCUT2D eigenvalue weighted by Crippen LogP contribution is -2.46. The Morgan fingerprint density at radius 2 is 1.46 bits per heavy atom. The summed E-state index contributed by atoms with van der Waals surface area (Å²) in [5.74, 6) is 0.609. The van der Waals surface area contributed by atoms with Gasteiger partial charge in [0.1, 0.15) is 0 Å². The third-order valence-electron chi connectivity index (χ3n) is 3.45. The summed E-state index contributed by atoms with van der Waals surface area (Å²) in [6.07, 6.45) is -4.16. The lowest BCUT2D eigenvalue weighted by molar-refractivity contribution is -0.142. The predicted molar refractivity (Wildman–Crippen MR) is 105 cm³/mol. The topological polar surface area (TPSA) is 42.9 Å². The quantitative estimate of drug-likeness (QED) is 0.311. The van der Waals surface area contributed by atoms with E-state index in [1.165, 1.54) is 11.9 Å². The minimum absolute atomic E-state index is 0. The number of nitrogens with zero attached hydrogens (tertiary/aromatic N) is 3. The van der Waals surface area contributed by atoms with Gasteiger partial charge in [-0.2, -0.15) is 13.2 Å². The molecule has 0 aromatic heterocycles.